The van der Waals surface area contributed by atoms with Gasteiger partial charge in [0.2, 0.25) is 10.0 Å². The van der Waals surface area contributed by atoms with Crippen LogP contribution in [0.3, 0.4) is 0 Å². The van der Waals surface area contributed by atoms with Gasteiger partial charge in [-0.05, 0) is 12.1 Å². The second-order valence-electron chi connectivity index (χ2n) is 2.80. The van der Waals surface area contributed by atoms with Crippen molar-refractivity contribution in [2.45, 2.75) is 4.21 Å². The summed E-state index contributed by atoms with van der Waals surface area (Å²) in [6, 6.07) is 4.59. The Hall–Kier alpha value is -1.63. The van der Waals surface area contributed by atoms with E-state index >= 15 is 0 Å². The first-order valence-corrected chi connectivity index (χ1v) is 6.67. The van der Waals surface area contributed by atoms with Gasteiger partial charge >= 0.3 is 6.09 Å². The van der Waals surface area contributed by atoms with Crippen molar-refractivity contribution in [3.05, 3.63) is 17.0 Å². The molecule has 3 N–H and O–H groups in total. The van der Waals surface area contributed by atoms with E-state index < -0.39 is 16.1 Å². The first-order valence-electron chi connectivity index (χ1n) is 4.37. The van der Waals surface area contributed by atoms with Gasteiger partial charge < -0.3 is 10.5 Å². The lowest BCUT2D eigenvalue weighted by molar-refractivity contribution is 0.159. The third-order valence-corrected chi connectivity index (χ3v) is 4.54. The predicted molar refractivity (Wildman–Crippen MR) is 59.8 cm³/mol. The first-order chi connectivity index (χ1) is 7.95. The summed E-state index contributed by atoms with van der Waals surface area (Å²) in [5, 5.41) is 8.57. The summed E-state index contributed by atoms with van der Waals surface area (Å²) in [6.45, 7) is -0.226. The van der Waals surface area contributed by atoms with Gasteiger partial charge in [-0.15, -0.1) is 11.3 Å². The van der Waals surface area contributed by atoms with Crippen molar-refractivity contribution in [1.29, 1.82) is 5.26 Å². The Kier molecular flexibility index (Phi) is 4.45. The number of hydrogen-bond acceptors (Lipinski definition) is 6. The second-order valence-corrected chi connectivity index (χ2v) is 5.87. The molecule has 1 aromatic heterocycles. The van der Waals surface area contributed by atoms with Crippen LogP contribution in [0.5, 0.6) is 0 Å². The van der Waals surface area contributed by atoms with Crippen molar-refractivity contribution in [2.24, 2.45) is 5.73 Å². The molecule has 0 bridgehead atoms. The zero-order chi connectivity index (χ0) is 12.9. The standard InChI is InChI=1S/C8H9N3O4S2/c9-5-6-1-2-7(16-6)17(13,14)11-3-4-15-8(10)12/h1-2,11H,3-4H2,(H2,10,12). The number of nitrogens with zero attached hydrogens (tertiary/aromatic N) is 1. The van der Waals surface area contributed by atoms with E-state index in [1.807, 2.05) is 6.07 Å². The van der Waals surface area contributed by atoms with E-state index in [4.69, 9.17) is 11.0 Å². The SMILES string of the molecule is N#Cc1ccc(S(=O)(=O)NCCOC(N)=O)s1. The molecule has 0 aromatic carbocycles. The van der Waals surface area contributed by atoms with Gasteiger partial charge in [0.15, 0.2) is 0 Å². The maximum Gasteiger partial charge on any atom is 0.404 e. The number of amides is 1. The van der Waals surface area contributed by atoms with E-state index in [0.29, 0.717) is 4.88 Å². The fraction of sp³-hybridized carbons (Fsp3) is 0.250. The number of carbonyl (C=O) groups excluding carboxylic acids is 1. The summed E-state index contributed by atoms with van der Waals surface area (Å²) in [6.07, 6.45) is -0.966. The Morgan fingerprint density at radius 3 is 2.82 bits per heavy atom. The van der Waals surface area contributed by atoms with E-state index in [0.717, 1.165) is 11.3 Å². The lowest BCUT2D eigenvalue weighted by Gasteiger charge is -2.04. The fourth-order valence-corrected chi connectivity index (χ4v) is 3.08. The number of nitrogens with two attached hydrogens (primary N) is 1. The molecule has 0 unspecified atom stereocenters. The van der Waals surface area contributed by atoms with Gasteiger partial charge in [0, 0.05) is 6.54 Å². The van der Waals surface area contributed by atoms with Crippen molar-refractivity contribution < 1.29 is 17.9 Å². The third-order valence-electron chi connectivity index (χ3n) is 1.59. The molecule has 9 heteroatoms. The Balaban J connectivity index is 2.57. The number of ether oxygens (including phenoxy) is 1. The van der Waals surface area contributed by atoms with Crippen LogP contribution in [0.4, 0.5) is 4.79 Å². The molecule has 0 spiro atoms. The van der Waals surface area contributed by atoms with Crippen molar-refractivity contribution in [3.63, 3.8) is 0 Å². The van der Waals surface area contributed by atoms with Crippen LogP contribution in [-0.2, 0) is 14.8 Å². The summed E-state index contributed by atoms with van der Waals surface area (Å²) in [7, 11) is -3.66. The average molecular weight is 275 g/mol. The number of hydrogen-bond donors (Lipinski definition) is 2. The van der Waals surface area contributed by atoms with Gasteiger partial charge in [-0.3, -0.25) is 0 Å². The highest BCUT2D eigenvalue weighted by molar-refractivity contribution is 7.91. The minimum atomic E-state index is -3.66. The summed E-state index contributed by atoms with van der Waals surface area (Å²) in [4.78, 5) is 10.5. The van der Waals surface area contributed by atoms with Crippen LogP contribution in [0.25, 0.3) is 0 Å². The van der Waals surface area contributed by atoms with E-state index in [1.165, 1.54) is 12.1 Å². The second kappa shape index (κ2) is 5.62. The summed E-state index contributed by atoms with van der Waals surface area (Å²) >= 11 is 0.860. The summed E-state index contributed by atoms with van der Waals surface area (Å²) in [5.41, 5.74) is 4.70. The molecule has 0 saturated heterocycles. The van der Waals surface area contributed by atoms with Gasteiger partial charge in [0.05, 0.1) is 0 Å². The number of carbonyl (C=O) groups is 1. The van der Waals surface area contributed by atoms with Crippen LogP contribution in [0, 0.1) is 11.3 Å². The molecule has 0 atom stereocenters. The summed E-state index contributed by atoms with van der Waals surface area (Å²) < 4.78 is 29.9. The van der Waals surface area contributed by atoms with Crippen molar-refractivity contribution in [1.82, 2.24) is 4.72 Å². The highest BCUT2D eigenvalue weighted by atomic mass is 32.2. The van der Waals surface area contributed by atoms with Crippen LogP contribution < -0.4 is 10.5 Å². The number of primary amides is 1. The minimum Gasteiger partial charge on any atom is -0.448 e. The Morgan fingerprint density at radius 1 is 1.59 bits per heavy atom. The molecule has 92 valence electrons. The summed E-state index contributed by atoms with van der Waals surface area (Å²) in [5.74, 6) is 0. The number of rotatable bonds is 5. The smallest absolute Gasteiger partial charge is 0.404 e. The van der Waals surface area contributed by atoms with Gasteiger partial charge in [0.1, 0.15) is 21.8 Å². The van der Waals surface area contributed by atoms with Gasteiger partial charge in [-0.25, -0.2) is 17.9 Å². The first kappa shape index (κ1) is 13.4. The minimum absolute atomic E-state index is 0.0353. The molecule has 17 heavy (non-hydrogen) atoms. The molecule has 0 aliphatic heterocycles. The van der Waals surface area contributed by atoms with Gasteiger partial charge in [-0.1, -0.05) is 0 Å². The van der Waals surface area contributed by atoms with E-state index in [9.17, 15) is 13.2 Å². The molecular weight excluding hydrogens is 266 g/mol. The average Bonchev–Trinajstić information content (AvgIpc) is 2.73. The van der Waals surface area contributed by atoms with Gasteiger partial charge in [-0.2, -0.15) is 5.26 Å². The van der Waals surface area contributed by atoms with Crippen molar-refractivity contribution in [3.8, 4) is 6.07 Å². The monoisotopic (exact) mass is 275 g/mol. The molecule has 0 aliphatic rings. The van der Waals surface area contributed by atoms with E-state index in [-0.39, 0.29) is 17.4 Å². The number of nitrogens with one attached hydrogen (secondary N) is 1. The van der Waals surface area contributed by atoms with Crippen LogP contribution in [0.1, 0.15) is 4.88 Å². The van der Waals surface area contributed by atoms with E-state index in [1.54, 1.807) is 0 Å². The van der Waals surface area contributed by atoms with Gasteiger partial charge in [0.25, 0.3) is 0 Å². The maximum atomic E-state index is 11.6. The molecule has 0 radical (unpaired) electrons. The van der Waals surface area contributed by atoms with Crippen LogP contribution >= 0.6 is 11.3 Å². The highest BCUT2D eigenvalue weighted by Gasteiger charge is 2.16. The Labute approximate surface area is 102 Å². The van der Waals surface area contributed by atoms with Crippen LogP contribution in [0.15, 0.2) is 16.3 Å². The van der Waals surface area contributed by atoms with Crippen molar-refractivity contribution in [2.75, 3.05) is 13.2 Å². The quantitative estimate of drug-likeness (QED) is 0.732. The highest BCUT2D eigenvalue weighted by Crippen LogP contribution is 2.20. The number of thiophene rings is 1. The molecular formula is C8H9N3O4S2. The third kappa shape index (κ3) is 4.03. The molecule has 7 nitrogen and oxygen atoms in total. The molecule has 0 aliphatic carbocycles. The van der Waals surface area contributed by atoms with E-state index in [2.05, 4.69) is 9.46 Å². The lowest BCUT2D eigenvalue weighted by atomic mass is 10.5. The Bertz CT molecular complexity index is 543. The zero-order valence-electron chi connectivity index (χ0n) is 8.54. The molecule has 0 saturated carbocycles. The Morgan fingerprint density at radius 2 is 2.29 bits per heavy atom. The fourth-order valence-electron chi connectivity index (χ4n) is 0.923. The maximum absolute atomic E-state index is 11.6. The number of sulfonamides is 1. The topological polar surface area (TPSA) is 122 Å². The normalized spacial score (nSPS) is 10.8. The van der Waals surface area contributed by atoms with Crippen LogP contribution in [-0.4, -0.2) is 27.7 Å². The van der Waals surface area contributed by atoms with Crippen LogP contribution in [0.2, 0.25) is 0 Å². The molecule has 1 aromatic rings. The largest absolute Gasteiger partial charge is 0.448 e. The molecule has 1 amide bonds. The zero-order valence-corrected chi connectivity index (χ0v) is 10.2. The molecule has 1 heterocycles. The van der Waals surface area contributed by atoms with Crippen molar-refractivity contribution >= 4 is 27.5 Å². The molecule has 0 fully saturated rings. The number of nitriles is 1. The molecule has 1 rings (SSSR count). The lowest BCUT2D eigenvalue weighted by Crippen LogP contribution is -2.28. The predicted octanol–water partition coefficient (Wildman–Crippen LogP) is -0.00662.